The first-order chi connectivity index (χ1) is 13.0. The van der Waals surface area contributed by atoms with Crippen LogP contribution in [0, 0.1) is 12.8 Å². The number of hydrogen-bond acceptors (Lipinski definition) is 4. The molecule has 1 unspecified atom stereocenters. The Labute approximate surface area is 163 Å². The van der Waals surface area contributed by atoms with Gasteiger partial charge in [0.1, 0.15) is 0 Å². The fourth-order valence-electron chi connectivity index (χ4n) is 2.91. The molecule has 1 atom stereocenters. The molecule has 0 saturated heterocycles. The van der Waals surface area contributed by atoms with Crippen LogP contribution in [0.4, 0.5) is 11.6 Å². The maximum atomic E-state index is 13.4. The maximum Gasteiger partial charge on any atom is 0.261 e. The Morgan fingerprint density at radius 2 is 2.04 bits per heavy atom. The summed E-state index contributed by atoms with van der Waals surface area (Å²) >= 11 is 0. The van der Waals surface area contributed by atoms with Gasteiger partial charge in [-0.1, -0.05) is 39.3 Å². The van der Waals surface area contributed by atoms with Crippen molar-refractivity contribution in [3.63, 3.8) is 0 Å². The highest BCUT2D eigenvalue weighted by atomic mass is 16.2. The standard InChI is InChI=1S/C22H32N4O/c1-6-16(4)12-13-26(19-11-9-10-18(7-2)14-19)21(27)20-15-24-22(23-8-3)25-17(20)5/h9-11,14-16H,6-8,12-13H2,1-5H3,(H,23,24,25). The fraction of sp³-hybridized carbons (Fsp3) is 0.500. The van der Waals surface area contributed by atoms with Crippen LogP contribution >= 0.6 is 0 Å². The molecule has 0 fully saturated rings. The van der Waals surface area contributed by atoms with Crippen molar-refractivity contribution in [1.82, 2.24) is 9.97 Å². The van der Waals surface area contributed by atoms with Crippen molar-refractivity contribution in [2.24, 2.45) is 5.92 Å². The highest BCUT2D eigenvalue weighted by molar-refractivity contribution is 6.06. The SMILES string of the molecule is CCNc1ncc(C(=O)N(CCC(C)CC)c2cccc(CC)c2)c(C)n1. The largest absolute Gasteiger partial charge is 0.354 e. The van der Waals surface area contributed by atoms with Gasteiger partial charge < -0.3 is 10.2 Å². The van der Waals surface area contributed by atoms with Gasteiger partial charge in [-0.3, -0.25) is 4.79 Å². The second-order valence-corrected chi connectivity index (χ2v) is 7.01. The number of rotatable bonds is 9. The molecule has 0 aliphatic rings. The Morgan fingerprint density at radius 3 is 2.67 bits per heavy atom. The summed E-state index contributed by atoms with van der Waals surface area (Å²) in [6.45, 7) is 11.8. The molecule has 1 N–H and O–H groups in total. The lowest BCUT2D eigenvalue weighted by atomic mass is 10.0. The van der Waals surface area contributed by atoms with Crippen molar-refractivity contribution < 1.29 is 4.79 Å². The molecule has 0 aliphatic heterocycles. The smallest absolute Gasteiger partial charge is 0.261 e. The molecule has 146 valence electrons. The van der Waals surface area contributed by atoms with Crippen LogP contribution in [0.25, 0.3) is 0 Å². The Hall–Kier alpha value is -2.43. The molecule has 2 rings (SSSR count). The van der Waals surface area contributed by atoms with Crippen molar-refractivity contribution in [3.8, 4) is 0 Å². The van der Waals surface area contributed by atoms with Crippen LogP contribution in [-0.4, -0.2) is 29.0 Å². The zero-order valence-corrected chi connectivity index (χ0v) is 17.2. The molecule has 1 amide bonds. The van der Waals surface area contributed by atoms with E-state index in [1.54, 1.807) is 6.20 Å². The minimum absolute atomic E-state index is 0.0351. The lowest BCUT2D eigenvalue weighted by Crippen LogP contribution is -2.33. The summed E-state index contributed by atoms with van der Waals surface area (Å²) in [4.78, 5) is 24.0. The van der Waals surface area contributed by atoms with E-state index in [4.69, 9.17) is 0 Å². The van der Waals surface area contributed by atoms with E-state index >= 15 is 0 Å². The van der Waals surface area contributed by atoms with Gasteiger partial charge in [-0.2, -0.15) is 0 Å². The van der Waals surface area contributed by atoms with Crippen LogP contribution in [0.3, 0.4) is 0 Å². The fourth-order valence-corrected chi connectivity index (χ4v) is 2.91. The average molecular weight is 369 g/mol. The highest BCUT2D eigenvalue weighted by Gasteiger charge is 2.21. The molecule has 0 saturated carbocycles. The van der Waals surface area contributed by atoms with E-state index in [2.05, 4.69) is 48.2 Å². The Kier molecular flexibility index (Phi) is 7.77. The molecule has 1 aromatic heterocycles. The van der Waals surface area contributed by atoms with E-state index in [1.807, 2.05) is 30.9 Å². The maximum absolute atomic E-state index is 13.4. The summed E-state index contributed by atoms with van der Waals surface area (Å²) in [6, 6.07) is 8.24. The van der Waals surface area contributed by atoms with E-state index in [0.717, 1.165) is 31.5 Å². The lowest BCUT2D eigenvalue weighted by molar-refractivity contribution is 0.0984. The number of carbonyl (C=O) groups is 1. The van der Waals surface area contributed by atoms with E-state index in [1.165, 1.54) is 5.56 Å². The number of hydrogen-bond donors (Lipinski definition) is 1. The van der Waals surface area contributed by atoms with Crippen LogP contribution in [0.2, 0.25) is 0 Å². The van der Waals surface area contributed by atoms with Gasteiger partial charge in [0.25, 0.3) is 5.91 Å². The average Bonchev–Trinajstić information content (AvgIpc) is 2.68. The molecule has 0 aliphatic carbocycles. The number of nitrogens with one attached hydrogen (secondary N) is 1. The van der Waals surface area contributed by atoms with Crippen molar-refractivity contribution >= 4 is 17.5 Å². The summed E-state index contributed by atoms with van der Waals surface area (Å²) in [5, 5.41) is 3.09. The summed E-state index contributed by atoms with van der Waals surface area (Å²) in [5.74, 6) is 1.10. The van der Waals surface area contributed by atoms with E-state index in [9.17, 15) is 4.79 Å². The van der Waals surface area contributed by atoms with Crippen LogP contribution in [0.5, 0.6) is 0 Å². The third kappa shape index (κ3) is 5.52. The number of anilines is 2. The summed E-state index contributed by atoms with van der Waals surface area (Å²) in [7, 11) is 0. The van der Waals surface area contributed by atoms with Crippen LogP contribution in [0.1, 0.15) is 62.2 Å². The first-order valence-corrected chi connectivity index (χ1v) is 9.98. The van der Waals surface area contributed by atoms with Crippen molar-refractivity contribution in [2.45, 2.75) is 53.9 Å². The predicted molar refractivity (Wildman–Crippen MR) is 113 cm³/mol. The molecule has 5 heteroatoms. The first-order valence-electron chi connectivity index (χ1n) is 9.98. The number of nitrogens with zero attached hydrogens (tertiary/aromatic N) is 3. The monoisotopic (exact) mass is 368 g/mol. The summed E-state index contributed by atoms with van der Waals surface area (Å²) in [5.41, 5.74) is 3.43. The van der Waals surface area contributed by atoms with E-state index in [-0.39, 0.29) is 5.91 Å². The van der Waals surface area contributed by atoms with E-state index < -0.39 is 0 Å². The molecule has 0 spiro atoms. The minimum atomic E-state index is -0.0351. The molecule has 1 aromatic carbocycles. The normalized spacial score (nSPS) is 11.9. The Bertz CT molecular complexity index is 760. The van der Waals surface area contributed by atoms with Gasteiger partial charge in [0.2, 0.25) is 5.95 Å². The molecule has 0 bridgehead atoms. The first kappa shape index (κ1) is 20.9. The lowest BCUT2D eigenvalue weighted by Gasteiger charge is -2.25. The van der Waals surface area contributed by atoms with Crippen molar-refractivity contribution in [1.29, 1.82) is 0 Å². The molecule has 5 nitrogen and oxygen atoms in total. The Morgan fingerprint density at radius 1 is 1.26 bits per heavy atom. The number of benzene rings is 1. The van der Waals surface area contributed by atoms with Gasteiger partial charge in [-0.15, -0.1) is 0 Å². The van der Waals surface area contributed by atoms with Gasteiger partial charge >= 0.3 is 0 Å². The highest BCUT2D eigenvalue weighted by Crippen LogP contribution is 2.22. The molecule has 27 heavy (non-hydrogen) atoms. The second-order valence-electron chi connectivity index (χ2n) is 7.01. The van der Waals surface area contributed by atoms with Gasteiger partial charge in [0.15, 0.2) is 0 Å². The van der Waals surface area contributed by atoms with Crippen LogP contribution in [0.15, 0.2) is 30.5 Å². The topological polar surface area (TPSA) is 58.1 Å². The molecular weight excluding hydrogens is 336 g/mol. The molecule has 1 heterocycles. The summed E-state index contributed by atoms with van der Waals surface area (Å²) in [6.07, 6.45) is 4.66. The number of aromatic nitrogens is 2. The van der Waals surface area contributed by atoms with Crippen LogP contribution < -0.4 is 10.2 Å². The number of aryl methyl sites for hydroxylation is 2. The second kappa shape index (κ2) is 10.0. The number of amides is 1. The van der Waals surface area contributed by atoms with Crippen molar-refractivity contribution in [2.75, 3.05) is 23.3 Å². The molecule has 2 aromatic rings. The van der Waals surface area contributed by atoms with Gasteiger partial charge in [-0.05, 0) is 50.3 Å². The summed E-state index contributed by atoms with van der Waals surface area (Å²) < 4.78 is 0. The third-order valence-corrected chi connectivity index (χ3v) is 4.96. The van der Waals surface area contributed by atoms with Crippen LogP contribution in [-0.2, 0) is 6.42 Å². The Balaban J connectivity index is 2.35. The predicted octanol–water partition coefficient (Wildman–Crippen LogP) is 4.86. The third-order valence-electron chi connectivity index (χ3n) is 4.96. The molecule has 0 radical (unpaired) electrons. The zero-order chi connectivity index (χ0) is 19.8. The minimum Gasteiger partial charge on any atom is -0.354 e. The molecular formula is C22H32N4O. The number of carbonyl (C=O) groups excluding carboxylic acids is 1. The van der Waals surface area contributed by atoms with Gasteiger partial charge in [-0.25, -0.2) is 9.97 Å². The van der Waals surface area contributed by atoms with Crippen molar-refractivity contribution in [3.05, 3.63) is 47.3 Å². The zero-order valence-electron chi connectivity index (χ0n) is 17.2. The van der Waals surface area contributed by atoms with Gasteiger partial charge in [0, 0.05) is 25.0 Å². The van der Waals surface area contributed by atoms with E-state index in [0.29, 0.717) is 29.7 Å². The quantitative estimate of drug-likeness (QED) is 0.686. The van der Waals surface area contributed by atoms with Gasteiger partial charge in [0.05, 0.1) is 11.3 Å².